The first-order valence-corrected chi connectivity index (χ1v) is 8.14. The lowest BCUT2D eigenvalue weighted by Gasteiger charge is -2.37. The Bertz CT molecular complexity index is 338. The zero-order chi connectivity index (χ0) is 14.5. The number of hydrogen-bond donors (Lipinski definition) is 1. The largest absolute Gasteiger partial charge is 0.479 e. The second-order valence-corrected chi connectivity index (χ2v) is 6.02. The minimum absolute atomic E-state index is 0.151. The Labute approximate surface area is 119 Å². The molecule has 0 radical (unpaired) electrons. The van der Waals surface area contributed by atoms with Gasteiger partial charge in [-0.2, -0.15) is 11.8 Å². The number of hydrogen-bond acceptors (Lipinski definition) is 3. The molecule has 1 rings (SSSR count). The van der Waals surface area contributed by atoms with Crippen LogP contribution in [0.3, 0.4) is 0 Å². The summed E-state index contributed by atoms with van der Waals surface area (Å²) in [6, 6.07) is -0.151. The van der Waals surface area contributed by atoms with Crippen molar-refractivity contribution in [1.29, 1.82) is 0 Å². The van der Waals surface area contributed by atoms with Crippen LogP contribution in [0, 0.1) is 0 Å². The van der Waals surface area contributed by atoms with Gasteiger partial charge in [-0.05, 0) is 25.5 Å². The maximum atomic E-state index is 12.4. The van der Waals surface area contributed by atoms with Gasteiger partial charge < -0.3 is 14.9 Å². The molecule has 1 saturated heterocycles. The lowest BCUT2D eigenvalue weighted by atomic mass is 9.91. The predicted molar refractivity (Wildman–Crippen MR) is 77.6 cm³/mol. The van der Waals surface area contributed by atoms with Crippen molar-refractivity contribution in [2.24, 2.45) is 0 Å². The van der Waals surface area contributed by atoms with Crippen LogP contribution in [0.25, 0.3) is 0 Å². The fourth-order valence-corrected chi connectivity index (χ4v) is 3.15. The lowest BCUT2D eigenvalue weighted by molar-refractivity contribution is -0.148. The highest BCUT2D eigenvalue weighted by Gasteiger charge is 2.49. The highest BCUT2D eigenvalue weighted by Crippen LogP contribution is 2.34. The summed E-state index contributed by atoms with van der Waals surface area (Å²) in [7, 11) is 1.75. The Morgan fingerprint density at radius 2 is 2.16 bits per heavy atom. The van der Waals surface area contributed by atoms with Gasteiger partial charge in [-0.15, -0.1) is 0 Å². The van der Waals surface area contributed by atoms with E-state index in [1.54, 1.807) is 28.6 Å². The van der Waals surface area contributed by atoms with Crippen molar-refractivity contribution in [1.82, 2.24) is 9.80 Å². The summed E-state index contributed by atoms with van der Waals surface area (Å²) in [6.45, 7) is 3.16. The van der Waals surface area contributed by atoms with Crippen LogP contribution in [0.2, 0.25) is 0 Å². The summed E-state index contributed by atoms with van der Waals surface area (Å²) in [4.78, 5) is 27.3. The van der Waals surface area contributed by atoms with Crippen LogP contribution in [-0.2, 0) is 4.79 Å². The maximum absolute atomic E-state index is 12.4. The first kappa shape index (κ1) is 16.1. The SMILES string of the molecule is CCCC1(C(=O)O)CCCN1C(=O)N(C)CCSC. The van der Waals surface area contributed by atoms with Crippen molar-refractivity contribution in [3.63, 3.8) is 0 Å². The fourth-order valence-electron chi connectivity index (χ4n) is 2.69. The average molecular weight is 288 g/mol. The molecule has 5 nitrogen and oxygen atoms in total. The minimum atomic E-state index is -0.987. The van der Waals surface area contributed by atoms with Gasteiger partial charge in [0, 0.05) is 25.9 Å². The first-order valence-electron chi connectivity index (χ1n) is 6.74. The van der Waals surface area contributed by atoms with Gasteiger partial charge in [0.25, 0.3) is 0 Å². The average Bonchev–Trinajstić information content (AvgIpc) is 2.80. The van der Waals surface area contributed by atoms with Gasteiger partial charge in [0.15, 0.2) is 0 Å². The number of carbonyl (C=O) groups is 2. The van der Waals surface area contributed by atoms with Gasteiger partial charge in [0.05, 0.1) is 0 Å². The molecule has 1 aliphatic rings. The maximum Gasteiger partial charge on any atom is 0.329 e. The number of thioether (sulfide) groups is 1. The second-order valence-electron chi connectivity index (χ2n) is 5.04. The molecular weight excluding hydrogens is 264 g/mol. The van der Waals surface area contributed by atoms with Crippen molar-refractivity contribution in [2.75, 3.05) is 32.1 Å². The number of amides is 2. The van der Waals surface area contributed by atoms with Gasteiger partial charge in [-0.3, -0.25) is 0 Å². The molecule has 110 valence electrons. The summed E-state index contributed by atoms with van der Waals surface area (Å²) in [6.07, 6.45) is 4.63. The summed E-state index contributed by atoms with van der Waals surface area (Å²) in [5, 5.41) is 9.56. The number of likely N-dealkylation sites (tertiary alicyclic amines) is 1. The third kappa shape index (κ3) is 3.35. The van der Waals surface area contributed by atoms with E-state index in [2.05, 4.69) is 0 Å². The molecule has 0 saturated carbocycles. The lowest BCUT2D eigenvalue weighted by Crippen LogP contribution is -2.56. The van der Waals surface area contributed by atoms with Crippen LogP contribution in [-0.4, -0.2) is 64.6 Å². The van der Waals surface area contributed by atoms with Crippen LogP contribution in [0.15, 0.2) is 0 Å². The van der Waals surface area contributed by atoms with E-state index >= 15 is 0 Å². The van der Waals surface area contributed by atoms with Gasteiger partial charge in [-0.1, -0.05) is 13.3 Å². The van der Waals surface area contributed by atoms with Crippen LogP contribution in [0.5, 0.6) is 0 Å². The molecule has 1 atom stereocenters. The molecule has 1 fully saturated rings. The Kier molecular flexibility index (Phi) is 5.97. The number of carboxylic acids is 1. The highest BCUT2D eigenvalue weighted by molar-refractivity contribution is 7.98. The Morgan fingerprint density at radius 1 is 1.47 bits per heavy atom. The standard InChI is InChI=1S/C13H24N2O3S/c1-4-6-13(11(16)17)7-5-8-15(13)12(18)14(2)9-10-19-3/h4-10H2,1-3H3,(H,16,17). The molecule has 0 aromatic rings. The summed E-state index contributed by atoms with van der Waals surface area (Å²) in [5.74, 6) is 0.00248. The Morgan fingerprint density at radius 3 is 2.68 bits per heavy atom. The van der Waals surface area contributed by atoms with Gasteiger partial charge in [-0.25, -0.2) is 9.59 Å². The molecule has 0 spiro atoms. The van der Waals surface area contributed by atoms with Crippen molar-refractivity contribution < 1.29 is 14.7 Å². The van der Waals surface area contributed by atoms with Crippen LogP contribution >= 0.6 is 11.8 Å². The molecule has 1 heterocycles. The predicted octanol–water partition coefficient (Wildman–Crippen LogP) is 2.12. The van der Waals surface area contributed by atoms with Crippen LogP contribution < -0.4 is 0 Å². The van der Waals surface area contributed by atoms with Crippen molar-refractivity contribution in [3.05, 3.63) is 0 Å². The highest BCUT2D eigenvalue weighted by atomic mass is 32.2. The zero-order valence-electron chi connectivity index (χ0n) is 12.0. The number of rotatable bonds is 6. The summed E-state index contributed by atoms with van der Waals surface area (Å²) in [5.41, 5.74) is -0.987. The summed E-state index contributed by atoms with van der Waals surface area (Å²) < 4.78 is 0. The van der Waals surface area contributed by atoms with Gasteiger partial charge >= 0.3 is 12.0 Å². The zero-order valence-corrected chi connectivity index (χ0v) is 12.8. The van der Waals surface area contributed by atoms with Crippen LogP contribution in [0.1, 0.15) is 32.6 Å². The molecule has 2 amide bonds. The number of aliphatic carboxylic acids is 1. The van der Waals surface area contributed by atoms with Gasteiger partial charge in [0.1, 0.15) is 5.54 Å². The van der Waals surface area contributed by atoms with E-state index in [4.69, 9.17) is 0 Å². The number of carboxylic acid groups (broad SMARTS) is 1. The van der Waals surface area contributed by atoms with E-state index in [-0.39, 0.29) is 6.03 Å². The smallest absolute Gasteiger partial charge is 0.329 e. The first-order chi connectivity index (χ1) is 8.99. The third-order valence-electron chi connectivity index (χ3n) is 3.74. The van der Waals surface area contributed by atoms with E-state index in [0.29, 0.717) is 25.9 Å². The Balaban J connectivity index is 2.84. The molecule has 1 aliphatic heterocycles. The van der Waals surface area contributed by atoms with E-state index in [9.17, 15) is 14.7 Å². The molecule has 19 heavy (non-hydrogen) atoms. The Hall–Kier alpha value is -0.910. The third-order valence-corrected chi connectivity index (χ3v) is 4.33. The van der Waals surface area contributed by atoms with E-state index in [1.807, 2.05) is 13.2 Å². The molecule has 0 aromatic heterocycles. The molecule has 1 unspecified atom stereocenters. The van der Waals surface area contributed by atoms with Crippen molar-refractivity contribution in [2.45, 2.75) is 38.1 Å². The summed E-state index contributed by atoms with van der Waals surface area (Å²) >= 11 is 1.68. The second kappa shape index (κ2) is 7.03. The fraction of sp³-hybridized carbons (Fsp3) is 0.846. The molecular formula is C13H24N2O3S. The van der Waals surface area contributed by atoms with E-state index < -0.39 is 11.5 Å². The molecule has 0 aromatic carbocycles. The number of nitrogens with zero attached hydrogens (tertiary/aromatic N) is 2. The normalized spacial score (nSPS) is 22.6. The molecule has 0 bridgehead atoms. The quantitative estimate of drug-likeness (QED) is 0.813. The van der Waals surface area contributed by atoms with Crippen molar-refractivity contribution >= 4 is 23.8 Å². The monoisotopic (exact) mass is 288 g/mol. The van der Waals surface area contributed by atoms with E-state index in [1.165, 1.54) is 0 Å². The van der Waals surface area contributed by atoms with Crippen molar-refractivity contribution in [3.8, 4) is 0 Å². The van der Waals surface area contributed by atoms with E-state index in [0.717, 1.165) is 18.6 Å². The van der Waals surface area contributed by atoms with Crippen LogP contribution in [0.4, 0.5) is 4.79 Å². The molecule has 0 aliphatic carbocycles. The minimum Gasteiger partial charge on any atom is -0.479 e. The topological polar surface area (TPSA) is 60.9 Å². The van der Waals surface area contributed by atoms with Gasteiger partial charge in [0.2, 0.25) is 0 Å². The number of urea groups is 1. The molecule has 6 heteroatoms. The number of carbonyl (C=O) groups excluding carboxylic acids is 1. The molecule has 1 N–H and O–H groups in total.